The Labute approximate surface area is 89.8 Å². The summed E-state index contributed by atoms with van der Waals surface area (Å²) in [6.45, 7) is 0.536. The molecule has 0 bridgehead atoms. The van der Waals surface area contributed by atoms with Gasteiger partial charge in [0.2, 0.25) is 0 Å². The van der Waals surface area contributed by atoms with E-state index < -0.39 is 0 Å². The molecular weight excluding hydrogens is 192 g/mol. The predicted molar refractivity (Wildman–Crippen MR) is 57.9 cm³/mol. The zero-order chi connectivity index (χ0) is 11.1. The third-order valence-electron chi connectivity index (χ3n) is 1.69. The Morgan fingerprint density at radius 1 is 1.33 bits per heavy atom. The van der Waals surface area contributed by atoms with Crippen LogP contribution < -0.4 is 5.43 Å². The van der Waals surface area contributed by atoms with Crippen molar-refractivity contribution in [3.05, 3.63) is 35.9 Å². The number of carbonyl (C=O) groups is 1. The molecule has 0 radical (unpaired) electrons. The number of amides is 1. The number of carbonyl (C=O) groups excluding carboxylic acids is 1. The van der Waals surface area contributed by atoms with Gasteiger partial charge in [-0.05, 0) is 5.56 Å². The predicted octanol–water partition coefficient (Wildman–Crippen LogP) is 0.796. The van der Waals surface area contributed by atoms with Crippen LogP contribution in [0.2, 0.25) is 0 Å². The largest absolute Gasteiger partial charge is 0.367 e. The molecule has 0 aromatic heterocycles. The second-order valence-corrected chi connectivity index (χ2v) is 3.41. The van der Waals surface area contributed by atoms with Gasteiger partial charge in [0.1, 0.15) is 6.61 Å². The van der Waals surface area contributed by atoms with Gasteiger partial charge < -0.3 is 4.74 Å². The number of benzene rings is 1. The van der Waals surface area contributed by atoms with E-state index >= 15 is 0 Å². The average Bonchev–Trinajstić information content (AvgIpc) is 2.18. The second kappa shape index (κ2) is 6.16. The first-order valence-electron chi connectivity index (χ1n) is 4.77. The SMILES string of the molecule is CN(C)NC(=O)COCc1ccccc1. The number of hydrogen-bond donors (Lipinski definition) is 1. The molecule has 82 valence electrons. The van der Waals surface area contributed by atoms with Crippen LogP contribution in [-0.2, 0) is 16.1 Å². The third kappa shape index (κ3) is 5.15. The van der Waals surface area contributed by atoms with Crippen molar-refractivity contribution < 1.29 is 9.53 Å². The normalized spacial score (nSPS) is 10.3. The minimum Gasteiger partial charge on any atom is -0.367 e. The van der Waals surface area contributed by atoms with E-state index in [1.807, 2.05) is 30.3 Å². The van der Waals surface area contributed by atoms with E-state index in [1.165, 1.54) is 0 Å². The Kier molecular flexibility index (Phi) is 4.80. The molecule has 1 amide bonds. The number of nitrogens with zero attached hydrogens (tertiary/aromatic N) is 1. The van der Waals surface area contributed by atoms with Crippen molar-refractivity contribution >= 4 is 5.91 Å². The molecule has 1 aromatic carbocycles. The minimum atomic E-state index is -0.143. The number of ether oxygens (including phenoxy) is 1. The molecule has 0 aliphatic carbocycles. The lowest BCUT2D eigenvalue weighted by Crippen LogP contribution is -2.38. The van der Waals surface area contributed by atoms with Gasteiger partial charge in [0, 0.05) is 14.1 Å². The van der Waals surface area contributed by atoms with E-state index in [9.17, 15) is 4.79 Å². The Morgan fingerprint density at radius 2 is 2.00 bits per heavy atom. The van der Waals surface area contributed by atoms with Crippen LogP contribution >= 0.6 is 0 Å². The van der Waals surface area contributed by atoms with Crippen molar-refractivity contribution in [2.75, 3.05) is 20.7 Å². The summed E-state index contributed by atoms with van der Waals surface area (Å²) in [7, 11) is 3.52. The highest BCUT2D eigenvalue weighted by molar-refractivity contribution is 5.76. The van der Waals surface area contributed by atoms with Crippen LogP contribution in [0.1, 0.15) is 5.56 Å². The lowest BCUT2D eigenvalue weighted by molar-refractivity contribution is -0.129. The van der Waals surface area contributed by atoms with Crippen LogP contribution in [0.15, 0.2) is 30.3 Å². The fraction of sp³-hybridized carbons (Fsp3) is 0.364. The maximum absolute atomic E-state index is 11.2. The van der Waals surface area contributed by atoms with Gasteiger partial charge in [-0.1, -0.05) is 30.3 Å². The summed E-state index contributed by atoms with van der Waals surface area (Å²) >= 11 is 0. The Hall–Kier alpha value is -1.39. The molecule has 15 heavy (non-hydrogen) atoms. The zero-order valence-corrected chi connectivity index (χ0v) is 9.06. The topological polar surface area (TPSA) is 41.6 Å². The quantitative estimate of drug-likeness (QED) is 0.728. The fourth-order valence-electron chi connectivity index (χ4n) is 1.12. The lowest BCUT2D eigenvalue weighted by atomic mass is 10.2. The van der Waals surface area contributed by atoms with Crippen molar-refractivity contribution in [2.24, 2.45) is 0 Å². The molecular formula is C11H16N2O2. The van der Waals surface area contributed by atoms with E-state index in [0.717, 1.165) is 5.56 Å². The Balaban J connectivity index is 2.19. The molecule has 1 rings (SSSR count). The van der Waals surface area contributed by atoms with Crippen molar-refractivity contribution in [1.29, 1.82) is 0 Å². The zero-order valence-electron chi connectivity index (χ0n) is 9.06. The third-order valence-corrected chi connectivity index (χ3v) is 1.69. The summed E-state index contributed by atoms with van der Waals surface area (Å²) in [5.74, 6) is -0.143. The molecule has 0 saturated heterocycles. The fourth-order valence-corrected chi connectivity index (χ4v) is 1.12. The first kappa shape index (κ1) is 11.7. The lowest BCUT2D eigenvalue weighted by Gasteiger charge is -2.11. The van der Waals surface area contributed by atoms with Crippen molar-refractivity contribution in [1.82, 2.24) is 10.4 Å². The van der Waals surface area contributed by atoms with Gasteiger partial charge in [-0.2, -0.15) is 0 Å². The van der Waals surface area contributed by atoms with E-state index in [0.29, 0.717) is 6.61 Å². The average molecular weight is 208 g/mol. The van der Waals surface area contributed by atoms with Gasteiger partial charge in [0.25, 0.3) is 5.91 Å². The van der Waals surface area contributed by atoms with Crippen molar-refractivity contribution in [3.63, 3.8) is 0 Å². The minimum absolute atomic E-state index is 0.0765. The summed E-state index contributed by atoms with van der Waals surface area (Å²) < 4.78 is 5.24. The summed E-state index contributed by atoms with van der Waals surface area (Å²) in [5, 5.41) is 1.59. The van der Waals surface area contributed by atoms with Gasteiger partial charge in [0.05, 0.1) is 6.61 Å². The molecule has 0 heterocycles. The summed E-state index contributed by atoms with van der Waals surface area (Å²) in [4.78, 5) is 11.2. The standard InChI is InChI=1S/C11H16N2O2/c1-13(2)12-11(14)9-15-8-10-6-4-3-5-7-10/h3-7H,8-9H2,1-2H3,(H,12,14). The van der Waals surface area contributed by atoms with Gasteiger partial charge >= 0.3 is 0 Å². The molecule has 0 fully saturated rings. The van der Waals surface area contributed by atoms with Gasteiger partial charge in [-0.3, -0.25) is 10.2 Å². The van der Waals surface area contributed by atoms with E-state index in [4.69, 9.17) is 4.74 Å². The number of hydrazine groups is 1. The summed E-state index contributed by atoms with van der Waals surface area (Å²) in [5.41, 5.74) is 3.66. The first-order chi connectivity index (χ1) is 7.18. The number of rotatable bonds is 5. The highest BCUT2D eigenvalue weighted by Gasteiger charge is 2.01. The molecule has 1 N–H and O–H groups in total. The second-order valence-electron chi connectivity index (χ2n) is 3.41. The molecule has 1 aromatic rings. The molecule has 0 aliphatic heterocycles. The van der Waals surface area contributed by atoms with Crippen LogP contribution in [0.5, 0.6) is 0 Å². The highest BCUT2D eigenvalue weighted by atomic mass is 16.5. The smallest absolute Gasteiger partial charge is 0.260 e. The molecule has 0 atom stereocenters. The van der Waals surface area contributed by atoms with Gasteiger partial charge in [0.15, 0.2) is 0 Å². The van der Waals surface area contributed by atoms with E-state index in [-0.39, 0.29) is 12.5 Å². The van der Waals surface area contributed by atoms with Crippen LogP contribution in [0, 0.1) is 0 Å². The summed E-state index contributed by atoms with van der Waals surface area (Å²) in [6, 6.07) is 9.76. The van der Waals surface area contributed by atoms with Crippen LogP contribution in [0.25, 0.3) is 0 Å². The number of hydrogen-bond acceptors (Lipinski definition) is 3. The van der Waals surface area contributed by atoms with E-state index in [2.05, 4.69) is 5.43 Å². The molecule has 0 unspecified atom stereocenters. The first-order valence-corrected chi connectivity index (χ1v) is 4.77. The molecule has 0 aliphatic rings. The van der Waals surface area contributed by atoms with Crippen LogP contribution in [-0.4, -0.2) is 31.6 Å². The van der Waals surface area contributed by atoms with Crippen molar-refractivity contribution in [3.8, 4) is 0 Å². The maximum atomic E-state index is 11.2. The monoisotopic (exact) mass is 208 g/mol. The van der Waals surface area contributed by atoms with Crippen LogP contribution in [0.4, 0.5) is 0 Å². The highest BCUT2D eigenvalue weighted by Crippen LogP contribution is 1.99. The van der Waals surface area contributed by atoms with E-state index in [1.54, 1.807) is 19.1 Å². The number of nitrogens with one attached hydrogen (secondary N) is 1. The Morgan fingerprint density at radius 3 is 2.60 bits per heavy atom. The molecule has 4 heteroatoms. The summed E-state index contributed by atoms with van der Waals surface area (Å²) in [6.07, 6.45) is 0. The maximum Gasteiger partial charge on any atom is 0.260 e. The Bertz CT molecular complexity index is 299. The molecule has 0 spiro atoms. The van der Waals surface area contributed by atoms with Gasteiger partial charge in [-0.15, -0.1) is 0 Å². The van der Waals surface area contributed by atoms with Crippen LogP contribution in [0.3, 0.4) is 0 Å². The van der Waals surface area contributed by atoms with Gasteiger partial charge in [-0.25, -0.2) is 5.01 Å². The van der Waals surface area contributed by atoms with Crippen molar-refractivity contribution in [2.45, 2.75) is 6.61 Å². The molecule has 4 nitrogen and oxygen atoms in total. The molecule has 0 saturated carbocycles.